The summed E-state index contributed by atoms with van der Waals surface area (Å²) in [5, 5.41) is 12.2. The lowest BCUT2D eigenvalue weighted by molar-refractivity contribution is -0.142. The fourth-order valence-corrected chi connectivity index (χ4v) is 2.97. The lowest BCUT2D eigenvalue weighted by atomic mass is 9.94. The highest BCUT2D eigenvalue weighted by molar-refractivity contribution is 5.97. The second-order valence-electron chi connectivity index (χ2n) is 6.02. The number of urea groups is 1. The number of carboxylic acids is 1. The van der Waals surface area contributed by atoms with Crippen LogP contribution in [-0.4, -0.2) is 33.8 Å². The van der Waals surface area contributed by atoms with Gasteiger partial charge in [0, 0.05) is 24.2 Å². The van der Waals surface area contributed by atoms with Crippen molar-refractivity contribution >= 4 is 23.5 Å². The van der Waals surface area contributed by atoms with E-state index in [4.69, 9.17) is 0 Å². The number of hydrogen-bond acceptors (Lipinski definition) is 3. The predicted molar refractivity (Wildman–Crippen MR) is 92.6 cm³/mol. The average Bonchev–Trinajstić information content (AvgIpc) is 2.60. The van der Waals surface area contributed by atoms with E-state index >= 15 is 0 Å². The predicted octanol–water partition coefficient (Wildman–Crippen LogP) is 2.93. The third-order valence-electron chi connectivity index (χ3n) is 4.31. The molecule has 2 amide bonds. The lowest BCUT2D eigenvalue weighted by Crippen LogP contribution is -2.50. The fraction of sp³-hybridized carbons (Fsp3) is 0.211. The number of amides is 2. The monoisotopic (exact) mass is 338 g/mol. The second-order valence-corrected chi connectivity index (χ2v) is 6.02. The van der Waals surface area contributed by atoms with Crippen LogP contribution in [0.2, 0.25) is 0 Å². The number of anilines is 1. The van der Waals surface area contributed by atoms with Crippen molar-refractivity contribution in [3.63, 3.8) is 0 Å². The highest BCUT2D eigenvalue weighted by Crippen LogP contribution is 2.24. The van der Waals surface area contributed by atoms with Gasteiger partial charge in [-0.15, -0.1) is 0 Å². The zero-order valence-electron chi connectivity index (χ0n) is 13.7. The van der Waals surface area contributed by atoms with E-state index < -0.39 is 18.0 Å². The van der Waals surface area contributed by atoms with Gasteiger partial charge >= 0.3 is 12.0 Å². The Morgan fingerprint density at radius 1 is 1.08 bits per heavy atom. The maximum Gasteiger partial charge on any atom is 0.326 e. The van der Waals surface area contributed by atoms with Gasteiger partial charge in [0.1, 0.15) is 6.04 Å². The maximum atomic E-state index is 12.6. The Kier molecular flexibility index (Phi) is 4.52. The van der Waals surface area contributed by atoms with E-state index in [0.717, 1.165) is 11.1 Å². The van der Waals surface area contributed by atoms with Crippen molar-refractivity contribution in [2.24, 2.45) is 0 Å². The molecule has 0 spiro atoms. The summed E-state index contributed by atoms with van der Waals surface area (Å²) < 4.78 is 0. The molecule has 1 heterocycles. The van der Waals surface area contributed by atoms with Gasteiger partial charge in [-0.25, -0.2) is 9.59 Å². The first-order valence-corrected chi connectivity index (χ1v) is 7.94. The minimum absolute atomic E-state index is 0.105. The molecule has 0 saturated carbocycles. The van der Waals surface area contributed by atoms with Gasteiger partial charge in [-0.2, -0.15) is 0 Å². The zero-order valence-corrected chi connectivity index (χ0v) is 13.7. The van der Waals surface area contributed by atoms with E-state index in [1.165, 1.54) is 11.8 Å². The third kappa shape index (κ3) is 3.52. The molecule has 2 aromatic rings. The number of fused-ring (bicyclic) bond motifs is 1. The number of ketones is 1. The van der Waals surface area contributed by atoms with Crippen molar-refractivity contribution in [2.75, 3.05) is 5.32 Å². The van der Waals surface area contributed by atoms with Crippen molar-refractivity contribution in [1.82, 2.24) is 4.90 Å². The Morgan fingerprint density at radius 2 is 1.80 bits per heavy atom. The average molecular weight is 338 g/mol. The van der Waals surface area contributed by atoms with Gasteiger partial charge in [0.25, 0.3) is 0 Å². The minimum Gasteiger partial charge on any atom is -0.480 e. The van der Waals surface area contributed by atoms with Crippen LogP contribution in [0.3, 0.4) is 0 Å². The molecule has 2 N–H and O–H groups in total. The molecule has 128 valence electrons. The molecule has 25 heavy (non-hydrogen) atoms. The van der Waals surface area contributed by atoms with Gasteiger partial charge in [0.15, 0.2) is 5.78 Å². The lowest BCUT2D eigenvalue weighted by Gasteiger charge is -2.34. The number of nitrogens with one attached hydrogen (secondary N) is 1. The van der Waals surface area contributed by atoms with E-state index in [0.29, 0.717) is 11.3 Å². The molecule has 0 aliphatic carbocycles. The van der Waals surface area contributed by atoms with E-state index in [2.05, 4.69) is 5.32 Å². The molecule has 6 nitrogen and oxygen atoms in total. The summed E-state index contributed by atoms with van der Waals surface area (Å²) in [6.45, 7) is 1.67. The molecule has 3 rings (SSSR count). The summed E-state index contributed by atoms with van der Waals surface area (Å²) in [5.41, 5.74) is 2.82. The van der Waals surface area contributed by atoms with Gasteiger partial charge in [-0.1, -0.05) is 36.4 Å². The maximum absolute atomic E-state index is 12.6. The molecular weight excluding hydrogens is 320 g/mol. The number of carbonyl (C=O) groups excluding carboxylic acids is 2. The summed E-state index contributed by atoms with van der Waals surface area (Å²) >= 11 is 0. The van der Waals surface area contributed by atoms with Gasteiger partial charge in [-0.05, 0) is 30.2 Å². The Balaban J connectivity index is 1.84. The molecule has 1 aliphatic rings. The van der Waals surface area contributed by atoms with Crippen LogP contribution in [0.4, 0.5) is 10.5 Å². The van der Waals surface area contributed by atoms with Crippen LogP contribution in [0.15, 0.2) is 48.5 Å². The quantitative estimate of drug-likeness (QED) is 0.843. The summed E-state index contributed by atoms with van der Waals surface area (Å²) in [6.07, 6.45) is 0.270. The van der Waals surface area contributed by atoms with Gasteiger partial charge in [-0.3, -0.25) is 4.79 Å². The fourth-order valence-electron chi connectivity index (χ4n) is 2.97. The molecule has 0 aromatic heterocycles. The first-order valence-electron chi connectivity index (χ1n) is 7.94. The minimum atomic E-state index is -1.04. The highest BCUT2D eigenvalue weighted by Gasteiger charge is 2.34. The number of benzene rings is 2. The molecule has 0 saturated heterocycles. The Morgan fingerprint density at radius 3 is 2.48 bits per heavy atom. The Bertz CT molecular complexity index is 847. The van der Waals surface area contributed by atoms with Crippen molar-refractivity contribution < 1.29 is 19.5 Å². The van der Waals surface area contributed by atoms with Crippen molar-refractivity contribution in [3.8, 4) is 0 Å². The number of Topliss-reactive ketones (excluding diaryl/α,β-unsaturated/α-hetero) is 1. The van der Waals surface area contributed by atoms with Gasteiger partial charge in [0.2, 0.25) is 0 Å². The zero-order chi connectivity index (χ0) is 18.0. The normalized spacial score (nSPS) is 16.0. The number of rotatable bonds is 3. The van der Waals surface area contributed by atoms with Crippen LogP contribution in [0.25, 0.3) is 0 Å². The highest BCUT2D eigenvalue weighted by atomic mass is 16.4. The van der Waals surface area contributed by atoms with Crippen molar-refractivity contribution in [2.45, 2.75) is 25.9 Å². The summed E-state index contributed by atoms with van der Waals surface area (Å²) in [7, 11) is 0. The standard InChI is InChI=1S/C19H18N2O4/c1-12(22)13-7-4-8-16(9-13)20-19(25)21-11-15-6-3-2-5-14(15)10-17(21)18(23)24/h2-9,17H,10-11H2,1H3,(H,20,25)(H,23,24)/t17-/m1/s1. The molecule has 6 heteroatoms. The second kappa shape index (κ2) is 6.76. The smallest absolute Gasteiger partial charge is 0.326 e. The van der Waals surface area contributed by atoms with Crippen LogP contribution in [0.1, 0.15) is 28.4 Å². The largest absolute Gasteiger partial charge is 0.480 e. The summed E-state index contributed by atoms with van der Waals surface area (Å²) in [6, 6.07) is 12.7. The van der Waals surface area contributed by atoms with Gasteiger partial charge in [0.05, 0.1) is 0 Å². The molecule has 0 radical (unpaired) electrons. The SMILES string of the molecule is CC(=O)c1cccc(NC(=O)N2Cc3ccccc3C[C@@H]2C(=O)O)c1. The number of hydrogen-bond donors (Lipinski definition) is 2. The molecule has 0 fully saturated rings. The number of carbonyl (C=O) groups is 3. The number of aliphatic carboxylic acids is 1. The first kappa shape index (κ1) is 16.7. The van der Waals surface area contributed by atoms with Crippen molar-refractivity contribution in [3.05, 3.63) is 65.2 Å². The van der Waals surface area contributed by atoms with Crippen molar-refractivity contribution in [1.29, 1.82) is 0 Å². The first-order chi connectivity index (χ1) is 12.0. The third-order valence-corrected chi connectivity index (χ3v) is 4.31. The number of nitrogens with zero attached hydrogens (tertiary/aromatic N) is 1. The van der Waals surface area contributed by atoms with Crippen LogP contribution in [-0.2, 0) is 17.8 Å². The molecule has 2 aromatic carbocycles. The van der Waals surface area contributed by atoms with E-state index in [1.54, 1.807) is 24.3 Å². The Hall–Kier alpha value is -3.15. The molecule has 0 unspecified atom stereocenters. The molecular formula is C19H18N2O4. The summed E-state index contributed by atoms with van der Waals surface area (Å²) in [4.78, 5) is 37.0. The van der Waals surface area contributed by atoms with E-state index in [-0.39, 0.29) is 18.7 Å². The van der Waals surface area contributed by atoms with E-state index in [1.807, 2.05) is 24.3 Å². The molecule has 0 bridgehead atoms. The van der Waals surface area contributed by atoms with Gasteiger partial charge < -0.3 is 15.3 Å². The van der Waals surface area contributed by atoms with Crippen LogP contribution in [0, 0.1) is 0 Å². The summed E-state index contributed by atoms with van der Waals surface area (Å²) in [5.74, 6) is -1.14. The topological polar surface area (TPSA) is 86.7 Å². The Labute approximate surface area is 145 Å². The van der Waals surface area contributed by atoms with Crippen LogP contribution < -0.4 is 5.32 Å². The molecule has 1 aliphatic heterocycles. The van der Waals surface area contributed by atoms with Crippen LogP contribution >= 0.6 is 0 Å². The molecule has 1 atom stereocenters. The number of carboxylic acid groups (broad SMARTS) is 1. The van der Waals surface area contributed by atoms with Crippen LogP contribution in [0.5, 0.6) is 0 Å². The van der Waals surface area contributed by atoms with E-state index in [9.17, 15) is 19.5 Å².